The third-order valence-electron chi connectivity index (χ3n) is 6.10. The number of nitrogens with one attached hydrogen (secondary N) is 1. The molecule has 2 heterocycles. The second kappa shape index (κ2) is 9.45. The first-order valence-electron chi connectivity index (χ1n) is 11.4. The Morgan fingerprint density at radius 2 is 1.66 bits per heavy atom. The molecule has 3 aliphatic rings. The predicted octanol–water partition coefficient (Wildman–Crippen LogP) is 3.94. The molecule has 1 N–H and O–H groups in total. The molecule has 6 rings (SSSR count). The molecule has 0 spiro atoms. The van der Waals surface area contributed by atoms with E-state index in [2.05, 4.69) is 35.0 Å². The molecule has 0 saturated carbocycles. The second-order valence-corrected chi connectivity index (χ2v) is 12.8. The van der Waals surface area contributed by atoms with Crippen LogP contribution < -0.4 is 31.9 Å². The van der Waals surface area contributed by atoms with E-state index in [1.807, 2.05) is 66.7 Å². The number of halogens is 3. The van der Waals surface area contributed by atoms with Crippen LogP contribution in [-0.4, -0.2) is 23.9 Å². The fourth-order valence-electron chi connectivity index (χ4n) is 4.22. The first-order chi connectivity index (χ1) is 17.0. The van der Waals surface area contributed by atoms with Gasteiger partial charge in [0.1, 0.15) is 0 Å². The topological polar surface area (TPSA) is 42.2 Å². The van der Waals surface area contributed by atoms with Gasteiger partial charge in [0, 0.05) is 0 Å². The molecule has 0 bridgehead atoms. The molecule has 4 nitrogen and oxygen atoms in total. The average Bonchev–Trinajstić information content (AvgIpc) is 3.71. The van der Waals surface area contributed by atoms with Crippen molar-refractivity contribution in [3.05, 3.63) is 100 Å². The van der Waals surface area contributed by atoms with Crippen LogP contribution in [0.15, 0.2) is 89.9 Å². The summed E-state index contributed by atoms with van der Waals surface area (Å²) in [6.45, 7) is 2.24. The summed E-state index contributed by atoms with van der Waals surface area (Å²) >= 11 is 12.6. The van der Waals surface area contributed by atoms with Crippen LogP contribution in [0.4, 0.5) is 11.4 Å². The molecule has 3 aromatic rings. The van der Waals surface area contributed by atoms with E-state index in [1.54, 1.807) is 0 Å². The fourth-order valence-corrected chi connectivity index (χ4v) is 6.39. The van der Waals surface area contributed by atoms with E-state index >= 15 is 0 Å². The molecule has 1 fully saturated rings. The first-order valence-corrected chi connectivity index (χ1v) is 14.9. The van der Waals surface area contributed by atoms with Gasteiger partial charge in [-0.15, -0.1) is 0 Å². The molecule has 1 saturated heterocycles. The minimum atomic E-state index is 0.308. The van der Waals surface area contributed by atoms with Crippen molar-refractivity contribution in [1.82, 2.24) is 9.55 Å². The van der Waals surface area contributed by atoms with Gasteiger partial charge >= 0.3 is 225 Å². The number of aromatic nitrogens is 2. The number of benzene rings is 4. The number of alkyl halides is 2. The van der Waals surface area contributed by atoms with Crippen LogP contribution in [0.1, 0.15) is 6.92 Å². The Morgan fingerprint density at radius 3 is 2.37 bits per heavy atom. The molecule has 2 aliphatic heterocycles. The summed E-state index contributed by atoms with van der Waals surface area (Å²) in [4.78, 5) is 10.2. The van der Waals surface area contributed by atoms with Gasteiger partial charge in [-0.05, 0) is 0 Å². The Hall–Kier alpha value is -2.61. The molecule has 1 aliphatic carbocycles. The van der Waals surface area contributed by atoms with Gasteiger partial charge < -0.3 is 0 Å². The monoisotopic (exact) mass is 611 g/mol. The number of hydrogen-bond acceptors (Lipinski definition) is 3. The van der Waals surface area contributed by atoms with Gasteiger partial charge in [-0.25, -0.2) is 0 Å². The van der Waals surface area contributed by atoms with Crippen molar-refractivity contribution in [2.24, 2.45) is 4.99 Å². The van der Waals surface area contributed by atoms with E-state index < -0.39 is 0 Å². The van der Waals surface area contributed by atoms with Crippen molar-refractivity contribution in [3.8, 4) is 17.1 Å². The third-order valence-corrected chi connectivity index (χ3v) is 9.55. The van der Waals surface area contributed by atoms with Crippen molar-refractivity contribution in [2.75, 3.05) is 9.74 Å². The quantitative estimate of drug-likeness (QED) is 0.186. The Labute approximate surface area is 224 Å². The van der Waals surface area contributed by atoms with E-state index in [9.17, 15) is 0 Å². The van der Waals surface area contributed by atoms with E-state index in [1.165, 1.54) is 4.43 Å². The van der Waals surface area contributed by atoms with Gasteiger partial charge in [-0.3, -0.25) is 0 Å². The Bertz CT molecular complexity index is 1560. The average molecular weight is 612 g/mol. The summed E-state index contributed by atoms with van der Waals surface area (Å²) in [5.74, 6) is 0. The zero-order chi connectivity index (χ0) is 23.9. The summed E-state index contributed by atoms with van der Waals surface area (Å²) in [5.41, 5.74) is 6.79. The first kappa shape index (κ1) is 22.8. The Morgan fingerprint density at radius 1 is 0.971 bits per heavy atom. The molecule has 0 amide bonds. The van der Waals surface area contributed by atoms with Gasteiger partial charge in [0.05, 0.1) is 0 Å². The predicted molar refractivity (Wildman–Crippen MR) is 141 cm³/mol. The Balaban J connectivity index is 1.62. The van der Waals surface area contributed by atoms with E-state index in [0.717, 1.165) is 48.8 Å². The molecule has 7 heteroatoms. The van der Waals surface area contributed by atoms with Crippen LogP contribution >= 0.6 is 23.2 Å². The van der Waals surface area contributed by atoms with Crippen LogP contribution in [0, 0.1) is 0 Å². The van der Waals surface area contributed by atoms with Crippen molar-refractivity contribution in [2.45, 2.75) is 16.9 Å². The number of fused-ring (bicyclic) bond motifs is 2. The number of para-hydroxylation sites is 2. The second-order valence-electron chi connectivity index (χ2n) is 8.60. The fraction of sp³-hybridized carbons (Fsp3) is 0.143. The normalized spacial score (nSPS) is 16.8. The van der Waals surface area contributed by atoms with Crippen LogP contribution in [0.2, 0.25) is 10.0 Å². The van der Waals surface area contributed by atoms with Crippen molar-refractivity contribution in [1.29, 1.82) is 0 Å². The summed E-state index contributed by atoms with van der Waals surface area (Å²) in [6, 6.07) is 28.5. The van der Waals surface area contributed by atoms with Crippen LogP contribution in [0.3, 0.4) is 0 Å². The molecule has 2 atom stereocenters. The van der Waals surface area contributed by atoms with Gasteiger partial charge in [-0.2, -0.15) is 0 Å². The zero-order valence-electron chi connectivity index (χ0n) is 18.9. The minimum absolute atomic E-state index is 0.308. The third kappa shape index (κ3) is 4.77. The summed E-state index contributed by atoms with van der Waals surface area (Å²) in [7, 11) is 0. The summed E-state index contributed by atoms with van der Waals surface area (Å²) in [6.07, 6.45) is 0. The number of nitrogens with zero attached hydrogens (tertiary/aromatic N) is 3. The van der Waals surface area contributed by atoms with Crippen molar-refractivity contribution in [3.63, 3.8) is 0 Å². The van der Waals surface area contributed by atoms with Gasteiger partial charge in [-0.1, -0.05) is 0 Å². The Kier molecular flexibility index (Phi) is 6.16. The number of rotatable bonds is 5. The maximum absolute atomic E-state index is 6.21. The van der Waals surface area contributed by atoms with Gasteiger partial charge in [0.2, 0.25) is 0 Å². The van der Waals surface area contributed by atoms with Crippen LogP contribution in [-0.2, 0) is 0 Å². The molecule has 176 valence electrons. The van der Waals surface area contributed by atoms with E-state index in [0.29, 0.717) is 37.3 Å². The van der Waals surface area contributed by atoms with E-state index in [4.69, 9.17) is 33.2 Å². The summed E-state index contributed by atoms with van der Waals surface area (Å²) in [5, 5.41) is 5.92. The van der Waals surface area contributed by atoms with Crippen molar-refractivity contribution >= 4 is 45.6 Å². The number of anilines is 2. The molecule has 0 radical (unpaired) electrons. The SMILES string of the molecule is CC(N=c1cc2n(-c3ccc(Cl)cc3)c3ccccc3nc-2cc1Nc1ccc(Cl)cc1)C1C[I-]1. The van der Waals surface area contributed by atoms with Crippen molar-refractivity contribution < 1.29 is 21.2 Å². The molecule has 3 aromatic carbocycles. The molecule has 35 heavy (non-hydrogen) atoms. The van der Waals surface area contributed by atoms with Crippen LogP contribution in [0.5, 0.6) is 0 Å². The molecular weight excluding hydrogens is 590 g/mol. The molecule has 0 aromatic heterocycles. The molecule has 2 unspecified atom stereocenters. The maximum atomic E-state index is 6.21. The van der Waals surface area contributed by atoms with Gasteiger partial charge in [0.15, 0.2) is 0 Å². The zero-order valence-corrected chi connectivity index (χ0v) is 22.6. The summed E-state index contributed by atoms with van der Waals surface area (Å²) < 4.78 is 4.37. The standard InChI is InChI=1S/C28H22Cl2IN4/c1-17(22-16-31-22)32-25-15-28-26(14-24(25)33-20-10-6-18(29)7-11-20)34-23-4-2-3-5-27(23)35(28)21-12-8-19(30)9-13-21/h2-15,17,22,33H,16H2,1H3/q-1. The van der Waals surface area contributed by atoms with E-state index in [-0.39, 0.29) is 0 Å². The van der Waals surface area contributed by atoms with Crippen LogP contribution in [0.25, 0.3) is 28.1 Å². The molecular formula is C28H22Cl2IN4-. The number of hydrogen-bond donors (Lipinski definition) is 1. The van der Waals surface area contributed by atoms with Gasteiger partial charge in [0.25, 0.3) is 0 Å².